The number of carbonyl (C=O) groups excluding carboxylic acids is 4. The number of carbonyl (C=O) groups is 4. The molecule has 4 N–H and O–H groups in total. The lowest BCUT2D eigenvalue weighted by atomic mass is 10.0. The lowest BCUT2D eigenvalue weighted by molar-refractivity contribution is -0.137. The molecule has 1 unspecified atom stereocenters. The van der Waals surface area contributed by atoms with Crippen molar-refractivity contribution in [3.05, 3.63) is 29.3 Å². The Morgan fingerprint density at radius 3 is 2.61 bits per heavy atom. The molecule has 1 aromatic carbocycles. The van der Waals surface area contributed by atoms with Crippen molar-refractivity contribution in [2.75, 3.05) is 38.3 Å². The summed E-state index contributed by atoms with van der Waals surface area (Å²) in [5.74, 6) is -1.32. The minimum Gasteiger partial charge on any atom is -0.379 e. The molecule has 1 fully saturated rings. The summed E-state index contributed by atoms with van der Waals surface area (Å²) in [6, 6.07) is 4.38. The average molecular weight is 455 g/mol. The van der Waals surface area contributed by atoms with Gasteiger partial charge in [-0.05, 0) is 18.6 Å². The van der Waals surface area contributed by atoms with Gasteiger partial charge in [0.25, 0.3) is 5.91 Å². The Balaban J connectivity index is 0.00000341. The highest BCUT2D eigenvalue weighted by Gasteiger charge is 2.39. The van der Waals surface area contributed by atoms with E-state index in [0.29, 0.717) is 49.6 Å². The molecule has 11 heteroatoms. The van der Waals surface area contributed by atoms with E-state index in [0.717, 1.165) is 0 Å². The molecule has 2 aliphatic heterocycles. The zero-order chi connectivity index (χ0) is 21.5. The molecular formula is C20H27ClN4O6. The van der Waals surface area contributed by atoms with Gasteiger partial charge in [-0.25, -0.2) is 0 Å². The molecular weight excluding hydrogens is 428 g/mol. The highest BCUT2D eigenvalue weighted by atomic mass is 35.5. The van der Waals surface area contributed by atoms with Crippen LogP contribution in [-0.2, 0) is 30.4 Å². The first-order chi connectivity index (χ1) is 14.5. The van der Waals surface area contributed by atoms with Crippen LogP contribution in [0.4, 0.5) is 5.69 Å². The van der Waals surface area contributed by atoms with E-state index in [2.05, 4.69) is 10.6 Å². The van der Waals surface area contributed by atoms with Crippen molar-refractivity contribution in [1.82, 2.24) is 10.2 Å². The number of ether oxygens (including phenoxy) is 2. The first kappa shape index (κ1) is 24.7. The molecule has 170 valence electrons. The predicted molar refractivity (Wildman–Crippen MR) is 114 cm³/mol. The molecule has 1 atom stereocenters. The number of piperidine rings is 1. The van der Waals surface area contributed by atoms with Crippen LogP contribution in [0.15, 0.2) is 18.2 Å². The minimum atomic E-state index is -0.693. The van der Waals surface area contributed by atoms with Gasteiger partial charge < -0.3 is 25.4 Å². The van der Waals surface area contributed by atoms with Crippen molar-refractivity contribution in [3.63, 3.8) is 0 Å². The van der Waals surface area contributed by atoms with E-state index in [4.69, 9.17) is 15.2 Å². The van der Waals surface area contributed by atoms with Gasteiger partial charge in [0.2, 0.25) is 17.7 Å². The fraction of sp³-hybridized carbons (Fsp3) is 0.500. The number of rotatable bonds is 10. The second-order valence-corrected chi connectivity index (χ2v) is 7.04. The maximum absolute atomic E-state index is 12.8. The zero-order valence-corrected chi connectivity index (χ0v) is 17.9. The Labute approximate surface area is 186 Å². The fourth-order valence-electron chi connectivity index (χ4n) is 3.49. The van der Waals surface area contributed by atoms with Gasteiger partial charge in [-0.1, -0.05) is 6.07 Å². The van der Waals surface area contributed by atoms with E-state index < -0.39 is 11.9 Å². The maximum atomic E-state index is 12.8. The number of nitrogens with one attached hydrogen (secondary N) is 2. The van der Waals surface area contributed by atoms with Crippen LogP contribution in [0.2, 0.25) is 0 Å². The average Bonchev–Trinajstić information content (AvgIpc) is 3.05. The van der Waals surface area contributed by atoms with Gasteiger partial charge in [0.05, 0.1) is 32.8 Å². The summed E-state index contributed by atoms with van der Waals surface area (Å²) < 4.78 is 10.5. The topological polar surface area (TPSA) is 140 Å². The van der Waals surface area contributed by atoms with Crippen molar-refractivity contribution in [3.8, 4) is 0 Å². The highest BCUT2D eigenvalue weighted by Crippen LogP contribution is 2.32. The summed E-state index contributed by atoms with van der Waals surface area (Å²) in [7, 11) is 0. The number of hydrogen-bond donors (Lipinski definition) is 3. The molecule has 0 aromatic heterocycles. The third kappa shape index (κ3) is 6.23. The molecule has 0 saturated carbocycles. The molecule has 3 rings (SSSR count). The number of nitrogens with two attached hydrogens (primary N) is 1. The lowest BCUT2D eigenvalue weighted by Crippen LogP contribution is -2.52. The smallest absolute Gasteiger partial charge is 0.255 e. The first-order valence-electron chi connectivity index (χ1n) is 9.93. The summed E-state index contributed by atoms with van der Waals surface area (Å²) in [5.41, 5.74) is 6.96. The van der Waals surface area contributed by atoms with E-state index in [1.165, 1.54) is 4.90 Å². The van der Waals surface area contributed by atoms with E-state index >= 15 is 0 Å². The van der Waals surface area contributed by atoms with Crippen LogP contribution in [0.3, 0.4) is 0 Å². The van der Waals surface area contributed by atoms with Crippen molar-refractivity contribution in [2.24, 2.45) is 5.73 Å². The van der Waals surface area contributed by atoms with Gasteiger partial charge in [-0.3, -0.25) is 24.5 Å². The molecule has 0 bridgehead atoms. The van der Waals surface area contributed by atoms with E-state index in [1.807, 2.05) is 0 Å². The van der Waals surface area contributed by atoms with Gasteiger partial charge in [0.15, 0.2) is 0 Å². The number of nitrogens with zero attached hydrogens (tertiary/aromatic N) is 1. The number of amides is 4. The number of benzene rings is 1. The molecule has 1 aromatic rings. The summed E-state index contributed by atoms with van der Waals surface area (Å²) in [5, 5.41) is 5.09. The SMILES string of the molecule is Cl.NCCOCCOCCC(=O)Nc1cccc2c1CN(C1CCC(=O)NC1=O)C2=O. The lowest BCUT2D eigenvalue weighted by Gasteiger charge is -2.29. The summed E-state index contributed by atoms with van der Waals surface area (Å²) in [6.45, 7) is 2.16. The largest absolute Gasteiger partial charge is 0.379 e. The first-order valence-corrected chi connectivity index (χ1v) is 9.93. The standard InChI is InChI=1S/C20H26N4O6.ClH/c21-7-9-30-11-10-29-8-6-18(26)22-15-3-1-2-13-14(15)12-24(20(13)28)16-4-5-17(25)23-19(16)27;/h1-3,16H,4-12,21H2,(H,22,26)(H,23,25,27);1H. The van der Waals surface area contributed by atoms with E-state index in [9.17, 15) is 19.2 Å². The second kappa shape index (κ2) is 11.8. The molecule has 0 aliphatic carbocycles. The fourth-order valence-corrected chi connectivity index (χ4v) is 3.49. The van der Waals surface area contributed by atoms with Gasteiger partial charge in [-0.2, -0.15) is 0 Å². The molecule has 2 aliphatic rings. The van der Waals surface area contributed by atoms with Crippen LogP contribution in [0.25, 0.3) is 0 Å². The van der Waals surface area contributed by atoms with Crippen LogP contribution < -0.4 is 16.4 Å². The number of hydrogen-bond acceptors (Lipinski definition) is 7. The normalized spacial score (nSPS) is 17.8. The molecule has 4 amide bonds. The van der Waals surface area contributed by atoms with Crippen LogP contribution in [0.1, 0.15) is 35.2 Å². The van der Waals surface area contributed by atoms with Crippen LogP contribution in [0.5, 0.6) is 0 Å². The number of fused-ring (bicyclic) bond motifs is 1. The third-order valence-corrected chi connectivity index (χ3v) is 4.96. The van der Waals surface area contributed by atoms with Crippen molar-refractivity contribution >= 4 is 41.7 Å². The van der Waals surface area contributed by atoms with Crippen LogP contribution in [-0.4, -0.2) is 67.5 Å². The third-order valence-electron chi connectivity index (χ3n) is 4.96. The Morgan fingerprint density at radius 2 is 1.90 bits per heavy atom. The molecule has 31 heavy (non-hydrogen) atoms. The van der Waals surface area contributed by atoms with Crippen molar-refractivity contribution in [1.29, 1.82) is 0 Å². The van der Waals surface area contributed by atoms with Crippen molar-refractivity contribution in [2.45, 2.75) is 31.8 Å². The van der Waals surface area contributed by atoms with E-state index in [-0.39, 0.29) is 56.1 Å². The Hall–Kier alpha value is -2.53. The Bertz CT molecular complexity index is 834. The van der Waals surface area contributed by atoms with Crippen molar-refractivity contribution < 1.29 is 28.7 Å². The van der Waals surface area contributed by atoms with Crippen LogP contribution >= 0.6 is 12.4 Å². The molecule has 2 heterocycles. The summed E-state index contributed by atoms with van der Waals surface area (Å²) in [4.78, 5) is 50.0. The van der Waals surface area contributed by atoms with Crippen LogP contribution in [0, 0.1) is 0 Å². The second-order valence-electron chi connectivity index (χ2n) is 7.04. The maximum Gasteiger partial charge on any atom is 0.255 e. The van der Waals surface area contributed by atoms with Gasteiger partial charge >= 0.3 is 0 Å². The molecule has 10 nitrogen and oxygen atoms in total. The minimum absolute atomic E-state index is 0. The summed E-state index contributed by atoms with van der Waals surface area (Å²) in [6.07, 6.45) is 0.640. The number of imide groups is 1. The zero-order valence-electron chi connectivity index (χ0n) is 17.1. The number of halogens is 1. The Kier molecular flexibility index (Phi) is 9.38. The predicted octanol–water partition coefficient (Wildman–Crippen LogP) is 0.190. The van der Waals surface area contributed by atoms with Gasteiger partial charge in [0.1, 0.15) is 6.04 Å². The molecule has 0 spiro atoms. The van der Waals surface area contributed by atoms with E-state index in [1.54, 1.807) is 18.2 Å². The Morgan fingerprint density at radius 1 is 1.16 bits per heavy atom. The highest BCUT2D eigenvalue weighted by molar-refractivity contribution is 6.06. The quantitative estimate of drug-likeness (QED) is 0.338. The summed E-state index contributed by atoms with van der Waals surface area (Å²) >= 11 is 0. The molecule has 0 radical (unpaired) electrons. The van der Waals surface area contributed by atoms with Gasteiger partial charge in [0, 0.05) is 36.3 Å². The molecule has 1 saturated heterocycles. The number of anilines is 1. The van der Waals surface area contributed by atoms with Gasteiger partial charge in [-0.15, -0.1) is 12.4 Å². The monoisotopic (exact) mass is 454 g/mol.